The Hall–Kier alpha value is -1.45. The van der Waals surface area contributed by atoms with Crippen LogP contribution in [0.2, 0.25) is 5.02 Å². The molecule has 2 N–H and O–H groups in total. The number of halogens is 1. The zero-order chi connectivity index (χ0) is 13.8. The van der Waals surface area contributed by atoms with Crippen LogP contribution in [0.25, 0.3) is 0 Å². The van der Waals surface area contributed by atoms with Crippen LogP contribution in [0.15, 0.2) is 47.1 Å². The molecule has 19 heavy (non-hydrogen) atoms. The van der Waals surface area contributed by atoms with E-state index in [0.29, 0.717) is 10.8 Å². The third-order valence-electron chi connectivity index (χ3n) is 3.00. The number of rotatable bonds is 5. The van der Waals surface area contributed by atoms with Gasteiger partial charge in [-0.25, -0.2) is 0 Å². The Morgan fingerprint density at radius 1 is 1.21 bits per heavy atom. The average Bonchev–Trinajstić information content (AvgIpc) is 2.88. The van der Waals surface area contributed by atoms with E-state index in [2.05, 4.69) is 13.8 Å². The lowest BCUT2D eigenvalue weighted by atomic mass is 9.98. The topological polar surface area (TPSA) is 48.4 Å². The van der Waals surface area contributed by atoms with E-state index in [1.165, 1.54) is 0 Å². The zero-order valence-electron chi connectivity index (χ0n) is 11.0. The summed E-state index contributed by atoms with van der Waals surface area (Å²) in [6.07, 6.45) is 1.30. The van der Waals surface area contributed by atoms with E-state index in [1.807, 2.05) is 24.3 Å². The Bertz CT molecular complexity index is 511. The molecule has 0 aliphatic carbocycles. The van der Waals surface area contributed by atoms with Gasteiger partial charge in [-0.05, 0) is 36.2 Å². The number of ether oxygens (including phenoxy) is 1. The first-order chi connectivity index (χ1) is 9.08. The van der Waals surface area contributed by atoms with Crippen molar-refractivity contribution in [2.24, 2.45) is 11.7 Å². The summed E-state index contributed by atoms with van der Waals surface area (Å²) in [6.45, 7) is 4.11. The number of hydrogen-bond acceptors (Lipinski definition) is 3. The minimum Gasteiger partial charge on any atom is -0.481 e. The lowest BCUT2D eigenvalue weighted by Crippen LogP contribution is -2.36. The molecule has 2 rings (SSSR count). The fourth-order valence-corrected chi connectivity index (χ4v) is 2.00. The van der Waals surface area contributed by atoms with E-state index < -0.39 is 0 Å². The highest BCUT2D eigenvalue weighted by molar-refractivity contribution is 6.30. The van der Waals surface area contributed by atoms with Crippen molar-refractivity contribution in [1.82, 2.24) is 0 Å². The minimum absolute atomic E-state index is 0.162. The van der Waals surface area contributed by atoms with Crippen molar-refractivity contribution in [1.29, 1.82) is 0 Å². The summed E-state index contributed by atoms with van der Waals surface area (Å²) >= 11 is 5.96. The van der Waals surface area contributed by atoms with Gasteiger partial charge in [0.15, 0.2) is 6.10 Å². The molecular weight excluding hydrogens is 262 g/mol. The van der Waals surface area contributed by atoms with Crippen molar-refractivity contribution in [2.45, 2.75) is 26.0 Å². The quantitative estimate of drug-likeness (QED) is 0.899. The Morgan fingerprint density at radius 2 is 2.00 bits per heavy atom. The monoisotopic (exact) mass is 279 g/mol. The van der Waals surface area contributed by atoms with Gasteiger partial charge in [0, 0.05) is 5.02 Å². The van der Waals surface area contributed by atoms with E-state index in [1.54, 1.807) is 18.4 Å². The molecule has 0 saturated carbocycles. The van der Waals surface area contributed by atoms with Gasteiger partial charge >= 0.3 is 0 Å². The zero-order valence-corrected chi connectivity index (χ0v) is 11.8. The standard InChI is InChI=1S/C15H18ClNO2/c1-10(2)14(17)15(13-7-4-8-18-13)19-12-6-3-5-11(16)9-12/h3-10,14-15H,17H2,1-2H3. The van der Waals surface area contributed by atoms with Crippen molar-refractivity contribution >= 4 is 11.6 Å². The second-order valence-electron chi connectivity index (χ2n) is 4.83. The Labute approximate surface area is 118 Å². The maximum atomic E-state index is 6.22. The summed E-state index contributed by atoms with van der Waals surface area (Å²) in [5.41, 5.74) is 6.22. The van der Waals surface area contributed by atoms with Crippen LogP contribution >= 0.6 is 11.6 Å². The fourth-order valence-electron chi connectivity index (χ4n) is 1.82. The summed E-state index contributed by atoms with van der Waals surface area (Å²) in [5, 5.41) is 0.633. The molecule has 0 saturated heterocycles. The van der Waals surface area contributed by atoms with Crippen molar-refractivity contribution < 1.29 is 9.15 Å². The first-order valence-electron chi connectivity index (χ1n) is 6.29. The highest BCUT2D eigenvalue weighted by Crippen LogP contribution is 2.28. The third-order valence-corrected chi connectivity index (χ3v) is 3.24. The maximum Gasteiger partial charge on any atom is 0.171 e. The number of benzene rings is 1. The van der Waals surface area contributed by atoms with Crippen molar-refractivity contribution in [2.75, 3.05) is 0 Å². The second-order valence-corrected chi connectivity index (χ2v) is 5.27. The maximum absolute atomic E-state index is 6.22. The molecule has 2 aromatic rings. The Kier molecular flexibility index (Phi) is 4.51. The Morgan fingerprint density at radius 3 is 2.58 bits per heavy atom. The summed E-state index contributed by atoms with van der Waals surface area (Å²) in [7, 11) is 0. The summed E-state index contributed by atoms with van der Waals surface area (Å²) < 4.78 is 11.4. The van der Waals surface area contributed by atoms with Crippen LogP contribution in [0.4, 0.5) is 0 Å². The lowest BCUT2D eigenvalue weighted by Gasteiger charge is -2.26. The Balaban J connectivity index is 2.23. The molecule has 2 atom stereocenters. The van der Waals surface area contributed by atoms with Crippen LogP contribution in [0, 0.1) is 5.92 Å². The van der Waals surface area contributed by atoms with Gasteiger partial charge in [-0.3, -0.25) is 0 Å². The van der Waals surface area contributed by atoms with Crippen LogP contribution < -0.4 is 10.5 Å². The van der Waals surface area contributed by atoms with E-state index in [-0.39, 0.29) is 18.1 Å². The van der Waals surface area contributed by atoms with Crippen LogP contribution in [0.1, 0.15) is 25.7 Å². The third kappa shape index (κ3) is 3.52. The lowest BCUT2D eigenvalue weighted by molar-refractivity contribution is 0.127. The predicted molar refractivity (Wildman–Crippen MR) is 76.3 cm³/mol. The molecular formula is C15H18ClNO2. The summed E-state index contributed by atoms with van der Waals surface area (Å²) in [6, 6.07) is 10.8. The van der Waals surface area contributed by atoms with Gasteiger partial charge in [0.25, 0.3) is 0 Å². The molecule has 2 unspecified atom stereocenters. The molecule has 0 aliphatic rings. The van der Waals surface area contributed by atoms with Gasteiger partial charge < -0.3 is 14.9 Å². The van der Waals surface area contributed by atoms with Crippen molar-refractivity contribution in [3.8, 4) is 5.75 Å². The molecule has 0 amide bonds. The van der Waals surface area contributed by atoms with E-state index >= 15 is 0 Å². The SMILES string of the molecule is CC(C)C(N)C(Oc1cccc(Cl)c1)c1ccco1. The molecule has 102 valence electrons. The average molecular weight is 280 g/mol. The largest absolute Gasteiger partial charge is 0.481 e. The molecule has 1 heterocycles. The van der Waals surface area contributed by atoms with Crippen LogP contribution in [-0.2, 0) is 0 Å². The summed E-state index contributed by atoms with van der Waals surface area (Å²) in [5.74, 6) is 1.68. The number of nitrogens with two attached hydrogens (primary N) is 1. The van der Waals surface area contributed by atoms with Gasteiger partial charge in [-0.15, -0.1) is 0 Å². The highest BCUT2D eigenvalue weighted by Gasteiger charge is 2.26. The van der Waals surface area contributed by atoms with Crippen LogP contribution in [0.3, 0.4) is 0 Å². The smallest absolute Gasteiger partial charge is 0.171 e. The van der Waals surface area contributed by atoms with Crippen molar-refractivity contribution in [3.63, 3.8) is 0 Å². The van der Waals surface area contributed by atoms with Gasteiger partial charge in [0.1, 0.15) is 11.5 Å². The van der Waals surface area contributed by atoms with Gasteiger partial charge in [-0.1, -0.05) is 31.5 Å². The molecule has 1 aromatic carbocycles. The molecule has 0 spiro atoms. The molecule has 1 aromatic heterocycles. The van der Waals surface area contributed by atoms with Crippen molar-refractivity contribution in [3.05, 3.63) is 53.4 Å². The second kappa shape index (κ2) is 6.13. The first-order valence-corrected chi connectivity index (χ1v) is 6.67. The molecule has 0 bridgehead atoms. The highest BCUT2D eigenvalue weighted by atomic mass is 35.5. The van der Waals surface area contributed by atoms with E-state index in [0.717, 1.165) is 5.76 Å². The molecule has 0 radical (unpaired) electrons. The minimum atomic E-state index is -0.325. The first kappa shape index (κ1) is 14.0. The molecule has 3 nitrogen and oxygen atoms in total. The molecule has 0 aliphatic heterocycles. The number of furan rings is 1. The fraction of sp³-hybridized carbons (Fsp3) is 0.333. The normalized spacial score (nSPS) is 14.4. The van der Waals surface area contributed by atoms with Gasteiger partial charge in [-0.2, -0.15) is 0 Å². The van der Waals surface area contributed by atoms with E-state index in [9.17, 15) is 0 Å². The van der Waals surface area contributed by atoms with Crippen LogP contribution in [0.5, 0.6) is 5.75 Å². The number of hydrogen-bond donors (Lipinski definition) is 1. The molecule has 0 fully saturated rings. The van der Waals surface area contributed by atoms with Gasteiger partial charge in [0.2, 0.25) is 0 Å². The summed E-state index contributed by atoms with van der Waals surface area (Å²) in [4.78, 5) is 0. The van der Waals surface area contributed by atoms with Gasteiger partial charge in [0.05, 0.1) is 12.3 Å². The predicted octanol–water partition coefficient (Wildman–Crippen LogP) is 4.04. The molecule has 4 heteroatoms. The van der Waals surface area contributed by atoms with E-state index in [4.69, 9.17) is 26.5 Å². The van der Waals surface area contributed by atoms with Crippen LogP contribution in [-0.4, -0.2) is 6.04 Å².